The first-order valence-corrected chi connectivity index (χ1v) is 7.51. The van der Waals surface area contributed by atoms with Gasteiger partial charge in [-0.25, -0.2) is 0 Å². The zero-order valence-electron chi connectivity index (χ0n) is 12.9. The lowest BCUT2D eigenvalue weighted by atomic mass is 10.1. The Morgan fingerprint density at radius 1 is 1.27 bits per heavy atom. The lowest BCUT2D eigenvalue weighted by molar-refractivity contribution is -0.136. The van der Waals surface area contributed by atoms with E-state index in [-0.39, 0.29) is 11.8 Å². The molecule has 1 amide bonds. The van der Waals surface area contributed by atoms with Crippen molar-refractivity contribution in [3.05, 3.63) is 24.3 Å². The van der Waals surface area contributed by atoms with Crippen molar-refractivity contribution in [2.45, 2.75) is 20.4 Å². The summed E-state index contributed by atoms with van der Waals surface area (Å²) in [6.07, 6.45) is 1.57. The van der Waals surface area contributed by atoms with Crippen LogP contribution < -0.4 is 0 Å². The summed E-state index contributed by atoms with van der Waals surface area (Å²) >= 11 is 0. The van der Waals surface area contributed by atoms with Gasteiger partial charge in [-0.1, -0.05) is 13.8 Å². The monoisotopic (exact) mass is 304 g/mol. The van der Waals surface area contributed by atoms with Crippen LogP contribution in [0.4, 0.5) is 0 Å². The fourth-order valence-corrected chi connectivity index (χ4v) is 2.50. The molecule has 3 heterocycles. The van der Waals surface area contributed by atoms with Gasteiger partial charge in [-0.3, -0.25) is 9.69 Å². The van der Waals surface area contributed by atoms with E-state index in [1.54, 1.807) is 18.4 Å². The smallest absolute Gasteiger partial charge is 0.283 e. The molecule has 1 fully saturated rings. The Morgan fingerprint density at radius 3 is 2.68 bits per heavy atom. The number of nitrogens with zero attached hydrogens (tertiary/aromatic N) is 4. The summed E-state index contributed by atoms with van der Waals surface area (Å²) < 4.78 is 10.8. The molecule has 7 heteroatoms. The van der Waals surface area contributed by atoms with Gasteiger partial charge in [0, 0.05) is 32.1 Å². The van der Waals surface area contributed by atoms with Crippen LogP contribution in [0.25, 0.3) is 11.7 Å². The molecule has 0 unspecified atom stereocenters. The largest absolute Gasteiger partial charge is 0.459 e. The number of hydrogen-bond acceptors (Lipinski definition) is 6. The number of carbonyl (C=O) groups is 1. The molecule has 2 aromatic heterocycles. The highest BCUT2D eigenvalue weighted by Crippen LogP contribution is 2.19. The van der Waals surface area contributed by atoms with E-state index in [9.17, 15) is 4.79 Å². The van der Waals surface area contributed by atoms with E-state index in [0.29, 0.717) is 24.1 Å². The summed E-state index contributed by atoms with van der Waals surface area (Å²) in [5.41, 5.74) is 0. The van der Waals surface area contributed by atoms with E-state index in [1.165, 1.54) is 0 Å². The molecule has 1 aliphatic rings. The molecular formula is C15H20N4O3. The molecular weight excluding hydrogens is 284 g/mol. The topological polar surface area (TPSA) is 75.6 Å². The normalized spacial score (nSPS) is 16.4. The molecule has 118 valence electrons. The Labute approximate surface area is 128 Å². The summed E-state index contributed by atoms with van der Waals surface area (Å²) in [6, 6.07) is 3.57. The van der Waals surface area contributed by atoms with Gasteiger partial charge in [0.1, 0.15) is 0 Å². The Hall–Kier alpha value is -2.15. The summed E-state index contributed by atoms with van der Waals surface area (Å²) in [5.74, 6) is 1.81. The number of amides is 1. The van der Waals surface area contributed by atoms with Gasteiger partial charge < -0.3 is 13.7 Å². The van der Waals surface area contributed by atoms with Gasteiger partial charge in [-0.05, 0) is 12.1 Å². The number of rotatable bonds is 4. The highest BCUT2D eigenvalue weighted by Gasteiger charge is 2.24. The van der Waals surface area contributed by atoms with Gasteiger partial charge in [0.2, 0.25) is 11.8 Å². The first-order valence-electron chi connectivity index (χ1n) is 7.51. The lowest BCUT2D eigenvalue weighted by Crippen LogP contribution is -2.49. The molecule has 0 radical (unpaired) electrons. The van der Waals surface area contributed by atoms with Crippen LogP contribution in [-0.4, -0.2) is 52.1 Å². The molecule has 0 atom stereocenters. The molecule has 1 saturated heterocycles. The van der Waals surface area contributed by atoms with Crippen LogP contribution in [0, 0.1) is 5.92 Å². The molecule has 7 nitrogen and oxygen atoms in total. The van der Waals surface area contributed by atoms with Crippen LogP contribution in [-0.2, 0) is 11.3 Å². The summed E-state index contributed by atoms with van der Waals surface area (Å²) in [4.78, 5) is 16.1. The first kappa shape index (κ1) is 14.8. The zero-order chi connectivity index (χ0) is 15.5. The van der Waals surface area contributed by atoms with Crippen molar-refractivity contribution in [1.82, 2.24) is 20.0 Å². The van der Waals surface area contributed by atoms with E-state index >= 15 is 0 Å². The van der Waals surface area contributed by atoms with Crippen LogP contribution in [0.2, 0.25) is 0 Å². The van der Waals surface area contributed by atoms with E-state index in [4.69, 9.17) is 8.83 Å². The minimum absolute atomic E-state index is 0.0540. The van der Waals surface area contributed by atoms with Crippen molar-refractivity contribution in [3.63, 3.8) is 0 Å². The quantitative estimate of drug-likeness (QED) is 0.854. The van der Waals surface area contributed by atoms with Gasteiger partial charge in [0.05, 0.1) is 12.8 Å². The van der Waals surface area contributed by atoms with Crippen LogP contribution in [0.5, 0.6) is 0 Å². The molecule has 0 saturated carbocycles. The van der Waals surface area contributed by atoms with E-state index < -0.39 is 0 Å². The van der Waals surface area contributed by atoms with Gasteiger partial charge in [-0.2, -0.15) is 0 Å². The second kappa shape index (κ2) is 6.31. The van der Waals surface area contributed by atoms with Gasteiger partial charge in [-0.15, -0.1) is 10.2 Å². The van der Waals surface area contributed by atoms with Crippen molar-refractivity contribution < 1.29 is 13.6 Å². The zero-order valence-corrected chi connectivity index (χ0v) is 12.9. The van der Waals surface area contributed by atoms with Gasteiger partial charge in [0.25, 0.3) is 5.89 Å². The van der Waals surface area contributed by atoms with Crippen molar-refractivity contribution in [2.75, 3.05) is 26.2 Å². The maximum Gasteiger partial charge on any atom is 0.283 e. The highest BCUT2D eigenvalue weighted by atomic mass is 16.4. The molecule has 0 spiro atoms. The molecule has 3 rings (SSSR count). The average molecular weight is 304 g/mol. The molecule has 22 heavy (non-hydrogen) atoms. The summed E-state index contributed by atoms with van der Waals surface area (Å²) in [6.45, 7) is 7.59. The van der Waals surface area contributed by atoms with E-state index in [1.807, 2.05) is 18.7 Å². The van der Waals surface area contributed by atoms with Crippen LogP contribution in [0.3, 0.4) is 0 Å². The predicted molar refractivity (Wildman–Crippen MR) is 78.7 cm³/mol. The minimum atomic E-state index is 0.0540. The van der Waals surface area contributed by atoms with Crippen molar-refractivity contribution in [3.8, 4) is 11.7 Å². The third kappa shape index (κ3) is 3.19. The number of aromatic nitrogens is 2. The average Bonchev–Trinajstić information content (AvgIpc) is 3.18. The molecule has 1 aliphatic heterocycles. The Morgan fingerprint density at radius 2 is 2.05 bits per heavy atom. The molecule has 2 aromatic rings. The number of hydrogen-bond donors (Lipinski definition) is 0. The van der Waals surface area contributed by atoms with Crippen molar-refractivity contribution in [2.24, 2.45) is 5.92 Å². The van der Waals surface area contributed by atoms with Crippen molar-refractivity contribution in [1.29, 1.82) is 0 Å². The third-order valence-corrected chi connectivity index (χ3v) is 3.74. The molecule has 0 aliphatic carbocycles. The van der Waals surface area contributed by atoms with Gasteiger partial charge in [0.15, 0.2) is 5.76 Å². The minimum Gasteiger partial charge on any atom is -0.459 e. The summed E-state index contributed by atoms with van der Waals surface area (Å²) in [7, 11) is 0. The lowest BCUT2D eigenvalue weighted by Gasteiger charge is -2.34. The van der Waals surface area contributed by atoms with Gasteiger partial charge >= 0.3 is 0 Å². The maximum absolute atomic E-state index is 12.0. The fraction of sp³-hybridized carbons (Fsp3) is 0.533. The predicted octanol–water partition coefficient (Wildman–Crippen LogP) is 1.63. The van der Waals surface area contributed by atoms with E-state index in [2.05, 4.69) is 15.1 Å². The second-order valence-electron chi connectivity index (χ2n) is 5.73. The molecule has 0 bridgehead atoms. The molecule has 0 N–H and O–H groups in total. The van der Waals surface area contributed by atoms with Crippen molar-refractivity contribution >= 4 is 5.91 Å². The molecule has 0 aromatic carbocycles. The second-order valence-corrected chi connectivity index (χ2v) is 5.73. The Balaban J connectivity index is 1.54. The Kier molecular flexibility index (Phi) is 4.24. The SMILES string of the molecule is CC(C)C(=O)N1CCN(Cc2nnc(-c3ccco3)o2)CC1. The standard InChI is InChI=1S/C15H20N4O3/c1-11(2)15(20)19-7-5-18(6-8-19)10-13-16-17-14(22-13)12-4-3-9-21-12/h3-4,9,11H,5-8,10H2,1-2H3. The number of carbonyl (C=O) groups excluding carboxylic acids is 1. The van der Waals surface area contributed by atoms with Crippen LogP contribution >= 0.6 is 0 Å². The van der Waals surface area contributed by atoms with Crippen LogP contribution in [0.15, 0.2) is 27.2 Å². The number of furan rings is 1. The maximum atomic E-state index is 12.0. The Bertz CT molecular complexity index is 613. The van der Waals surface area contributed by atoms with E-state index in [0.717, 1.165) is 26.2 Å². The third-order valence-electron chi connectivity index (χ3n) is 3.74. The van der Waals surface area contributed by atoms with Crippen LogP contribution in [0.1, 0.15) is 19.7 Å². The first-order chi connectivity index (χ1) is 10.6. The highest BCUT2D eigenvalue weighted by molar-refractivity contribution is 5.78. The number of piperazine rings is 1. The summed E-state index contributed by atoms with van der Waals surface area (Å²) in [5, 5.41) is 8.04. The fourth-order valence-electron chi connectivity index (χ4n) is 2.50.